The van der Waals surface area contributed by atoms with E-state index in [1.165, 1.54) is 0 Å². The van der Waals surface area contributed by atoms with E-state index in [1.807, 2.05) is 6.07 Å². The summed E-state index contributed by atoms with van der Waals surface area (Å²) in [6.45, 7) is 1.75. The predicted octanol–water partition coefficient (Wildman–Crippen LogP) is 0.444. The Morgan fingerprint density at radius 3 is 2.89 bits per heavy atom. The Morgan fingerprint density at radius 1 is 1.67 bits per heavy atom. The van der Waals surface area contributed by atoms with Crippen LogP contribution in [0.25, 0.3) is 0 Å². The van der Waals surface area contributed by atoms with E-state index in [0.29, 0.717) is 11.4 Å². The zero-order valence-corrected chi connectivity index (χ0v) is 4.96. The van der Waals surface area contributed by atoms with Gasteiger partial charge in [-0.15, -0.1) is 0 Å². The van der Waals surface area contributed by atoms with Gasteiger partial charge in [0.1, 0.15) is 11.4 Å². The van der Waals surface area contributed by atoms with Crippen molar-refractivity contribution in [1.82, 2.24) is 10.3 Å². The summed E-state index contributed by atoms with van der Waals surface area (Å²) in [5, 5.41) is 15.2. The van der Waals surface area contributed by atoms with Gasteiger partial charge in [-0.25, -0.2) is 4.63 Å². The van der Waals surface area contributed by atoms with Crippen LogP contribution >= 0.6 is 0 Å². The van der Waals surface area contributed by atoms with Gasteiger partial charge in [0.05, 0.1) is 12.5 Å². The fourth-order valence-corrected chi connectivity index (χ4v) is 0.485. The number of nitrogens with zero attached hydrogens (tertiary/aromatic N) is 3. The number of hydrogen-bond acceptors (Lipinski definition) is 4. The van der Waals surface area contributed by atoms with Crippen LogP contribution in [0.1, 0.15) is 11.4 Å². The fraction of sp³-hybridized carbons (Fsp3) is 0.400. The molecule has 1 heterocycles. The monoisotopic (exact) mass is 123 g/mol. The summed E-state index contributed by atoms with van der Waals surface area (Å²) in [6.07, 6.45) is 0.273. The molecule has 0 saturated heterocycles. The average Bonchev–Trinajstić information content (AvgIpc) is 2.18. The Balaban J connectivity index is 2.84. The lowest BCUT2D eigenvalue weighted by atomic mass is 10.3. The summed E-state index contributed by atoms with van der Waals surface area (Å²) in [6, 6.07) is 1.95. The second-order valence-corrected chi connectivity index (χ2v) is 1.63. The van der Waals surface area contributed by atoms with Crippen molar-refractivity contribution < 1.29 is 4.63 Å². The van der Waals surface area contributed by atoms with Crippen LogP contribution in [0.2, 0.25) is 0 Å². The van der Waals surface area contributed by atoms with Crippen LogP contribution < -0.4 is 0 Å². The van der Waals surface area contributed by atoms with Gasteiger partial charge in [0.25, 0.3) is 0 Å². The van der Waals surface area contributed by atoms with Gasteiger partial charge in [0.15, 0.2) is 0 Å². The lowest BCUT2D eigenvalue weighted by Crippen LogP contribution is -1.83. The normalized spacial score (nSPS) is 8.89. The maximum absolute atomic E-state index is 8.20. The quantitative estimate of drug-likeness (QED) is 0.543. The molecule has 0 fully saturated rings. The molecule has 0 bridgehead atoms. The van der Waals surface area contributed by atoms with Crippen molar-refractivity contribution in [2.45, 2.75) is 13.3 Å². The highest BCUT2D eigenvalue weighted by atomic mass is 16.6. The Hall–Kier alpha value is -1.37. The van der Waals surface area contributed by atoms with Crippen molar-refractivity contribution in [3.8, 4) is 6.07 Å². The summed E-state index contributed by atoms with van der Waals surface area (Å²) in [7, 11) is 0. The molecule has 0 spiro atoms. The number of nitriles is 1. The molecular weight excluding hydrogens is 118 g/mol. The molecule has 0 atom stereocenters. The molecule has 0 aromatic carbocycles. The van der Waals surface area contributed by atoms with Gasteiger partial charge in [-0.3, -0.25) is 0 Å². The van der Waals surface area contributed by atoms with Crippen LogP contribution in [0.3, 0.4) is 0 Å². The summed E-state index contributed by atoms with van der Waals surface area (Å²) < 4.78 is 4.35. The van der Waals surface area contributed by atoms with Crippen molar-refractivity contribution in [3.63, 3.8) is 0 Å². The maximum atomic E-state index is 8.20. The summed E-state index contributed by atoms with van der Waals surface area (Å²) >= 11 is 0. The van der Waals surface area contributed by atoms with Gasteiger partial charge < -0.3 is 0 Å². The van der Waals surface area contributed by atoms with Crippen molar-refractivity contribution >= 4 is 0 Å². The van der Waals surface area contributed by atoms with Gasteiger partial charge >= 0.3 is 0 Å². The van der Waals surface area contributed by atoms with E-state index in [4.69, 9.17) is 5.26 Å². The highest BCUT2D eigenvalue weighted by Gasteiger charge is 2.01. The van der Waals surface area contributed by atoms with Crippen molar-refractivity contribution in [1.29, 1.82) is 5.26 Å². The molecule has 0 N–H and O–H groups in total. The van der Waals surface area contributed by atoms with E-state index in [-0.39, 0.29) is 6.42 Å². The second-order valence-electron chi connectivity index (χ2n) is 1.63. The molecule has 0 unspecified atom stereocenters. The lowest BCUT2D eigenvalue weighted by Gasteiger charge is -1.78. The second kappa shape index (κ2) is 2.27. The molecule has 1 aromatic rings. The van der Waals surface area contributed by atoms with E-state index in [1.54, 1.807) is 6.92 Å². The third-order valence-corrected chi connectivity index (χ3v) is 0.993. The Morgan fingerprint density at radius 2 is 2.44 bits per heavy atom. The van der Waals surface area contributed by atoms with Crippen LogP contribution in [0.4, 0.5) is 0 Å². The molecule has 1 aromatic heterocycles. The Kier molecular flexibility index (Phi) is 1.45. The molecule has 0 aliphatic rings. The first-order valence-corrected chi connectivity index (χ1v) is 2.49. The number of aromatic nitrogens is 2. The molecule has 46 valence electrons. The smallest absolute Gasteiger partial charge is 0.122 e. The minimum atomic E-state index is 0.273. The lowest BCUT2D eigenvalue weighted by molar-refractivity contribution is 0.302. The largest absolute Gasteiger partial charge is 0.244 e. The van der Waals surface area contributed by atoms with Crippen LogP contribution in [0.5, 0.6) is 0 Å². The summed E-state index contributed by atoms with van der Waals surface area (Å²) in [5.41, 5.74) is 1.31. The Labute approximate surface area is 52.1 Å². The van der Waals surface area contributed by atoms with Gasteiger partial charge in [-0.1, -0.05) is 10.3 Å². The van der Waals surface area contributed by atoms with Crippen molar-refractivity contribution in [2.24, 2.45) is 0 Å². The standard InChI is InChI=1S/C5H5N3O/c1-4-5(2-3-6)8-9-7-4/h2H2,1H3. The van der Waals surface area contributed by atoms with E-state index in [0.717, 1.165) is 0 Å². The summed E-state index contributed by atoms with van der Waals surface area (Å²) in [4.78, 5) is 0. The molecule has 0 saturated carbocycles. The average molecular weight is 123 g/mol. The minimum absolute atomic E-state index is 0.273. The summed E-state index contributed by atoms with van der Waals surface area (Å²) in [5.74, 6) is 0. The van der Waals surface area contributed by atoms with Crippen molar-refractivity contribution in [2.75, 3.05) is 0 Å². The van der Waals surface area contributed by atoms with Gasteiger partial charge in [0.2, 0.25) is 0 Å². The number of rotatable bonds is 1. The molecule has 4 heteroatoms. The number of hydrogen-bond donors (Lipinski definition) is 0. The van der Waals surface area contributed by atoms with E-state index in [9.17, 15) is 0 Å². The topological polar surface area (TPSA) is 62.7 Å². The Bertz CT molecular complexity index is 235. The predicted molar refractivity (Wildman–Crippen MR) is 28.4 cm³/mol. The molecule has 0 amide bonds. The first kappa shape index (κ1) is 5.76. The third kappa shape index (κ3) is 1.05. The molecular formula is C5H5N3O. The van der Waals surface area contributed by atoms with Gasteiger partial charge in [-0.2, -0.15) is 5.26 Å². The fourth-order valence-electron chi connectivity index (χ4n) is 0.485. The van der Waals surface area contributed by atoms with Crippen LogP contribution in [0.15, 0.2) is 4.63 Å². The van der Waals surface area contributed by atoms with Gasteiger partial charge in [-0.05, 0) is 6.92 Å². The molecule has 1 rings (SSSR count). The van der Waals surface area contributed by atoms with E-state index in [2.05, 4.69) is 14.9 Å². The highest BCUT2D eigenvalue weighted by molar-refractivity contribution is 5.09. The molecule has 9 heavy (non-hydrogen) atoms. The maximum Gasteiger partial charge on any atom is 0.122 e. The van der Waals surface area contributed by atoms with Crippen LogP contribution in [0, 0.1) is 18.3 Å². The SMILES string of the molecule is Cc1nonc1CC#N. The third-order valence-electron chi connectivity index (χ3n) is 0.993. The molecule has 0 aliphatic heterocycles. The highest BCUT2D eigenvalue weighted by Crippen LogP contribution is 1.98. The van der Waals surface area contributed by atoms with Crippen LogP contribution in [-0.2, 0) is 6.42 Å². The van der Waals surface area contributed by atoms with Gasteiger partial charge in [0, 0.05) is 0 Å². The van der Waals surface area contributed by atoms with Crippen molar-refractivity contribution in [3.05, 3.63) is 11.4 Å². The molecule has 0 radical (unpaired) electrons. The van der Waals surface area contributed by atoms with Crippen LogP contribution in [-0.4, -0.2) is 10.3 Å². The number of aryl methyl sites for hydroxylation is 1. The van der Waals surface area contributed by atoms with E-state index >= 15 is 0 Å². The zero-order valence-electron chi connectivity index (χ0n) is 4.96. The minimum Gasteiger partial charge on any atom is -0.244 e. The first-order valence-electron chi connectivity index (χ1n) is 2.49. The first-order chi connectivity index (χ1) is 4.34. The van der Waals surface area contributed by atoms with E-state index < -0.39 is 0 Å². The molecule has 0 aliphatic carbocycles. The zero-order chi connectivity index (χ0) is 6.69. The molecule has 4 nitrogen and oxygen atoms in total.